The molecule has 1 aromatic carbocycles. The van der Waals surface area contributed by atoms with Crippen LogP contribution in [0, 0.1) is 5.92 Å². The summed E-state index contributed by atoms with van der Waals surface area (Å²) in [5, 5.41) is 0. The van der Waals surface area contributed by atoms with E-state index in [9.17, 15) is 9.59 Å². The van der Waals surface area contributed by atoms with E-state index in [2.05, 4.69) is 6.58 Å². The molecule has 2 N–H and O–H groups in total. The molecule has 0 amide bonds. The van der Waals surface area contributed by atoms with Crippen LogP contribution in [-0.4, -0.2) is 11.8 Å². The molecule has 0 heterocycles. The molecule has 0 aliphatic rings. The van der Waals surface area contributed by atoms with Crippen LogP contribution in [0.1, 0.15) is 31.9 Å². The second-order valence-corrected chi connectivity index (χ2v) is 5.11. The Morgan fingerprint density at radius 2 is 2.00 bits per heavy atom. The molecule has 0 atom stereocenters. The number of carbonyl (C=O) groups excluding carboxylic acids is 2. The molecule has 0 bridgehead atoms. The Bertz CT molecular complexity index is 533. The van der Waals surface area contributed by atoms with Crippen molar-refractivity contribution in [3.05, 3.63) is 41.5 Å². The minimum absolute atomic E-state index is 0.0683. The van der Waals surface area contributed by atoms with Gasteiger partial charge in [0.25, 0.3) is 0 Å². The lowest BCUT2D eigenvalue weighted by Gasteiger charge is -2.12. The number of carbonyl (C=O) groups is 2. The maximum absolute atomic E-state index is 11.9. The van der Waals surface area contributed by atoms with Crippen molar-refractivity contribution in [3.8, 4) is 5.75 Å². The van der Waals surface area contributed by atoms with Crippen molar-refractivity contribution in [2.24, 2.45) is 11.7 Å². The van der Waals surface area contributed by atoms with Crippen LogP contribution < -0.4 is 10.5 Å². The van der Waals surface area contributed by atoms with Gasteiger partial charge in [-0.1, -0.05) is 32.6 Å². The molecule has 1 aromatic rings. The van der Waals surface area contributed by atoms with Gasteiger partial charge in [0.05, 0.1) is 0 Å². The van der Waals surface area contributed by atoms with Crippen molar-refractivity contribution >= 4 is 11.8 Å². The molecule has 0 fully saturated rings. The summed E-state index contributed by atoms with van der Waals surface area (Å²) in [6.45, 7) is 9.18. The van der Waals surface area contributed by atoms with Gasteiger partial charge in [-0.25, -0.2) is 4.79 Å². The highest BCUT2D eigenvalue weighted by atomic mass is 16.5. The lowest BCUT2D eigenvalue weighted by molar-refractivity contribution is -0.130. The van der Waals surface area contributed by atoms with Gasteiger partial charge in [0.15, 0.2) is 0 Å². The van der Waals surface area contributed by atoms with Gasteiger partial charge in [0.2, 0.25) is 0 Å². The number of Topliss-reactive ketones (excluding diaryl/α,β-unsaturated/α-hetero) is 1. The smallest absolute Gasteiger partial charge is 0.338 e. The first-order valence-electron chi connectivity index (χ1n) is 6.57. The number of ether oxygens (including phenoxy) is 1. The van der Waals surface area contributed by atoms with Crippen molar-refractivity contribution in [2.45, 2.75) is 33.7 Å². The largest absolute Gasteiger partial charge is 0.423 e. The van der Waals surface area contributed by atoms with Gasteiger partial charge < -0.3 is 10.5 Å². The van der Waals surface area contributed by atoms with E-state index in [0.29, 0.717) is 23.4 Å². The molecule has 20 heavy (non-hydrogen) atoms. The van der Waals surface area contributed by atoms with E-state index in [4.69, 9.17) is 10.5 Å². The molecule has 0 aliphatic carbocycles. The molecule has 0 saturated carbocycles. The van der Waals surface area contributed by atoms with E-state index in [-0.39, 0.29) is 18.1 Å². The van der Waals surface area contributed by atoms with Crippen molar-refractivity contribution < 1.29 is 14.3 Å². The first kappa shape index (κ1) is 16.1. The molecular weight excluding hydrogens is 254 g/mol. The third kappa shape index (κ3) is 4.31. The lowest BCUT2D eigenvalue weighted by atomic mass is 9.99. The topological polar surface area (TPSA) is 69.4 Å². The van der Waals surface area contributed by atoms with Gasteiger partial charge >= 0.3 is 5.97 Å². The predicted octanol–water partition coefficient (Wildman–Crippen LogP) is 2.39. The van der Waals surface area contributed by atoms with Crippen LogP contribution in [0.15, 0.2) is 30.4 Å². The minimum Gasteiger partial charge on any atom is -0.423 e. The molecule has 4 nitrogen and oxygen atoms in total. The molecule has 0 spiro atoms. The highest BCUT2D eigenvalue weighted by molar-refractivity contribution is 5.89. The van der Waals surface area contributed by atoms with E-state index in [1.807, 2.05) is 13.8 Å². The molecule has 0 aliphatic heterocycles. The molecule has 0 saturated heterocycles. The number of rotatable bonds is 6. The summed E-state index contributed by atoms with van der Waals surface area (Å²) in [7, 11) is 0. The number of nitrogens with two attached hydrogens (primary N) is 1. The third-order valence-corrected chi connectivity index (χ3v) is 2.92. The SMILES string of the molecule is C=C(C)C(=O)Oc1ccc(CN)cc1CC(=O)C(C)C. The summed E-state index contributed by atoms with van der Waals surface area (Å²) < 4.78 is 5.26. The Morgan fingerprint density at radius 1 is 1.35 bits per heavy atom. The average molecular weight is 275 g/mol. The Morgan fingerprint density at radius 3 is 2.50 bits per heavy atom. The van der Waals surface area contributed by atoms with Crippen molar-refractivity contribution in [2.75, 3.05) is 0 Å². The van der Waals surface area contributed by atoms with Crippen molar-refractivity contribution in [1.82, 2.24) is 0 Å². The van der Waals surface area contributed by atoms with Crippen LogP contribution in [0.25, 0.3) is 0 Å². The second-order valence-electron chi connectivity index (χ2n) is 5.11. The predicted molar refractivity (Wildman–Crippen MR) is 78.3 cm³/mol. The monoisotopic (exact) mass is 275 g/mol. The Balaban J connectivity index is 3.06. The van der Waals surface area contributed by atoms with Gasteiger partial charge in [0, 0.05) is 30.0 Å². The maximum atomic E-state index is 11.9. The van der Waals surface area contributed by atoms with E-state index < -0.39 is 5.97 Å². The quantitative estimate of drug-likeness (QED) is 0.491. The fraction of sp³-hybridized carbons (Fsp3) is 0.375. The third-order valence-electron chi connectivity index (χ3n) is 2.92. The first-order chi connectivity index (χ1) is 9.35. The fourth-order valence-corrected chi connectivity index (χ4v) is 1.58. The Labute approximate surface area is 119 Å². The van der Waals surface area contributed by atoms with Gasteiger partial charge in [-0.05, 0) is 18.6 Å². The minimum atomic E-state index is -0.497. The summed E-state index contributed by atoms with van der Waals surface area (Å²) in [4.78, 5) is 23.5. The normalized spacial score (nSPS) is 10.4. The van der Waals surface area contributed by atoms with Gasteiger partial charge in [-0.3, -0.25) is 4.79 Å². The zero-order chi connectivity index (χ0) is 15.3. The van der Waals surface area contributed by atoms with E-state index in [1.54, 1.807) is 25.1 Å². The van der Waals surface area contributed by atoms with Crippen LogP contribution in [0.5, 0.6) is 5.75 Å². The van der Waals surface area contributed by atoms with Crippen molar-refractivity contribution in [3.63, 3.8) is 0 Å². The van der Waals surface area contributed by atoms with Gasteiger partial charge in [-0.15, -0.1) is 0 Å². The van der Waals surface area contributed by atoms with Crippen LogP contribution in [0.3, 0.4) is 0 Å². The van der Waals surface area contributed by atoms with Gasteiger partial charge in [-0.2, -0.15) is 0 Å². The summed E-state index contributed by atoms with van der Waals surface area (Å²) in [6, 6.07) is 5.26. The Kier molecular flexibility index (Phi) is 5.65. The summed E-state index contributed by atoms with van der Waals surface area (Å²) in [6.07, 6.45) is 0.226. The van der Waals surface area contributed by atoms with E-state index in [1.165, 1.54) is 0 Å². The molecule has 0 unspecified atom stereocenters. The summed E-state index contributed by atoms with van der Waals surface area (Å²) >= 11 is 0. The maximum Gasteiger partial charge on any atom is 0.338 e. The molecular formula is C16H21NO3. The number of ketones is 1. The number of hydrogen-bond donors (Lipinski definition) is 1. The van der Waals surface area contributed by atoms with E-state index in [0.717, 1.165) is 5.56 Å². The highest BCUT2D eigenvalue weighted by Gasteiger charge is 2.15. The summed E-state index contributed by atoms with van der Waals surface area (Å²) in [5.74, 6) is -0.0824. The zero-order valence-electron chi connectivity index (χ0n) is 12.2. The number of benzene rings is 1. The average Bonchev–Trinajstić information content (AvgIpc) is 2.40. The van der Waals surface area contributed by atoms with Crippen LogP contribution in [0.2, 0.25) is 0 Å². The number of hydrogen-bond acceptors (Lipinski definition) is 4. The van der Waals surface area contributed by atoms with Crippen molar-refractivity contribution in [1.29, 1.82) is 0 Å². The van der Waals surface area contributed by atoms with Crippen LogP contribution in [-0.2, 0) is 22.6 Å². The number of esters is 1. The molecule has 0 radical (unpaired) electrons. The van der Waals surface area contributed by atoms with E-state index >= 15 is 0 Å². The lowest BCUT2D eigenvalue weighted by Crippen LogP contribution is -2.14. The molecule has 0 aromatic heterocycles. The standard InChI is InChI=1S/C16H21NO3/c1-10(2)14(18)8-13-7-12(9-17)5-6-15(13)20-16(19)11(3)4/h5-7,10H,3,8-9,17H2,1-2,4H3. The van der Waals surface area contributed by atoms with Crippen LogP contribution in [0.4, 0.5) is 0 Å². The highest BCUT2D eigenvalue weighted by Crippen LogP contribution is 2.23. The molecule has 4 heteroatoms. The molecule has 108 valence electrons. The summed E-state index contributed by atoms with van der Waals surface area (Å²) in [5.41, 5.74) is 7.49. The first-order valence-corrected chi connectivity index (χ1v) is 6.57. The second kappa shape index (κ2) is 7.01. The Hall–Kier alpha value is -1.94. The molecule has 1 rings (SSSR count). The fourth-order valence-electron chi connectivity index (χ4n) is 1.58. The van der Waals surface area contributed by atoms with Crippen LogP contribution >= 0.6 is 0 Å². The van der Waals surface area contributed by atoms with Gasteiger partial charge in [0.1, 0.15) is 11.5 Å². The zero-order valence-corrected chi connectivity index (χ0v) is 12.2.